The maximum atomic E-state index is 11.6. The molecule has 0 aromatic rings. The van der Waals surface area contributed by atoms with Crippen LogP contribution in [0.5, 0.6) is 0 Å². The van der Waals surface area contributed by atoms with Crippen molar-refractivity contribution in [3.63, 3.8) is 0 Å². The minimum atomic E-state index is -0.0438. The Morgan fingerprint density at radius 2 is 0.897 bits per heavy atom. The molecule has 0 bridgehead atoms. The summed E-state index contributed by atoms with van der Waals surface area (Å²) >= 11 is 0. The van der Waals surface area contributed by atoms with Gasteiger partial charge in [-0.15, -0.1) is 0 Å². The Hall–Kier alpha value is -1.10. The van der Waals surface area contributed by atoms with Crippen LogP contribution in [0.2, 0.25) is 0 Å². The summed E-state index contributed by atoms with van der Waals surface area (Å²) in [6.45, 7) is 2.93. The van der Waals surface area contributed by atoms with E-state index >= 15 is 0 Å². The van der Waals surface area contributed by atoms with Crippen LogP contribution in [0.4, 0.5) is 0 Å². The minimum Gasteiger partial charge on any atom is -0.342 e. The van der Waals surface area contributed by atoms with E-state index in [9.17, 15) is 19.2 Å². The van der Waals surface area contributed by atoms with Crippen LogP contribution in [0.1, 0.15) is 90.9 Å². The normalized spacial score (nSPS) is 17.2. The summed E-state index contributed by atoms with van der Waals surface area (Å²) in [5.74, 6) is -0.135. The van der Waals surface area contributed by atoms with E-state index in [0.29, 0.717) is 12.1 Å². The van der Waals surface area contributed by atoms with Crippen molar-refractivity contribution in [2.45, 2.75) is 103 Å². The molecule has 0 aromatic carbocycles. The van der Waals surface area contributed by atoms with Crippen molar-refractivity contribution in [3.8, 4) is 0 Å². The Balaban J connectivity index is 0.000000523. The molecule has 2 fully saturated rings. The zero-order chi connectivity index (χ0) is 21.1. The number of carbonyl (C=O) groups excluding carboxylic acids is 4. The van der Waals surface area contributed by atoms with Gasteiger partial charge < -0.3 is 9.80 Å². The van der Waals surface area contributed by atoms with E-state index in [2.05, 4.69) is 0 Å². The monoisotopic (exact) mass is 458 g/mol. The molecule has 2 aliphatic carbocycles. The van der Waals surface area contributed by atoms with Gasteiger partial charge in [0.1, 0.15) is 11.6 Å². The van der Waals surface area contributed by atoms with Crippen LogP contribution >= 0.6 is 0 Å². The van der Waals surface area contributed by atoms with Gasteiger partial charge in [0, 0.05) is 26.2 Å². The summed E-state index contributed by atoms with van der Waals surface area (Å²) in [4.78, 5) is 48.2. The molecule has 29 heavy (non-hydrogen) atoms. The number of hydrogen-bond acceptors (Lipinski definition) is 4. The smallest absolute Gasteiger partial charge is 0.342 e. The Morgan fingerprint density at radius 1 is 0.621 bits per heavy atom. The molecule has 0 heterocycles. The van der Waals surface area contributed by atoms with E-state index in [1.165, 1.54) is 52.4 Å². The molecule has 7 heteroatoms. The number of amides is 2. The first kappa shape index (κ1) is 27.9. The number of nitrogens with zero attached hydrogens (tertiary/aromatic N) is 2. The summed E-state index contributed by atoms with van der Waals surface area (Å²) in [7, 11) is 3.64. The van der Waals surface area contributed by atoms with Gasteiger partial charge in [-0.1, -0.05) is 38.5 Å². The quantitative estimate of drug-likeness (QED) is 0.450. The van der Waals surface area contributed by atoms with Gasteiger partial charge >= 0.3 is 19.5 Å². The van der Waals surface area contributed by atoms with Crippen LogP contribution in [-0.4, -0.2) is 59.4 Å². The third-order valence-electron chi connectivity index (χ3n) is 5.83. The maximum absolute atomic E-state index is 11.6. The molecule has 0 unspecified atom stereocenters. The van der Waals surface area contributed by atoms with Gasteiger partial charge in [0.2, 0.25) is 11.8 Å². The number of rotatable bonds is 6. The Morgan fingerprint density at radius 3 is 1.14 bits per heavy atom. The van der Waals surface area contributed by atoms with E-state index in [1.807, 2.05) is 14.1 Å². The molecule has 0 spiro atoms. The molecule has 160 valence electrons. The average Bonchev–Trinajstić information content (AvgIpc) is 2.67. The van der Waals surface area contributed by atoms with Crippen LogP contribution in [0.15, 0.2) is 0 Å². The zero-order valence-corrected chi connectivity index (χ0v) is 21.8. The van der Waals surface area contributed by atoms with Crippen molar-refractivity contribution in [1.29, 1.82) is 0 Å². The Bertz CT molecular complexity index is 493. The number of ketones is 2. The van der Waals surface area contributed by atoms with Crippen LogP contribution in [0.3, 0.4) is 0 Å². The largest absolute Gasteiger partial charge is 2.00 e. The van der Waals surface area contributed by atoms with Crippen LogP contribution in [0.25, 0.3) is 0 Å². The Kier molecular flexibility index (Phi) is 14.3. The van der Waals surface area contributed by atoms with Gasteiger partial charge in [-0.3, -0.25) is 19.2 Å². The molecule has 2 saturated carbocycles. The molecule has 0 N–H and O–H groups in total. The van der Waals surface area contributed by atoms with E-state index in [-0.39, 0.29) is 55.7 Å². The van der Waals surface area contributed by atoms with E-state index in [4.69, 9.17) is 0 Å². The molecule has 2 amide bonds. The maximum Gasteiger partial charge on any atom is 2.00 e. The van der Waals surface area contributed by atoms with Gasteiger partial charge in [0.25, 0.3) is 0 Å². The van der Waals surface area contributed by atoms with Crippen molar-refractivity contribution in [3.05, 3.63) is 0 Å². The molecular weight excluding hydrogens is 422 g/mol. The second kappa shape index (κ2) is 14.8. The molecule has 2 rings (SSSR count). The average molecular weight is 460 g/mol. The third-order valence-corrected chi connectivity index (χ3v) is 5.83. The first-order chi connectivity index (χ1) is 13.2. The molecule has 2 aliphatic rings. The van der Waals surface area contributed by atoms with E-state index < -0.39 is 0 Å². The van der Waals surface area contributed by atoms with Crippen LogP contribution < -0.4 is 0 Å². The fourth-order valence-electron chi connectivity index (χ4n) is 4.02. The first-order valence-electron chi connectivity index (χ1n) is 10.7. The molecule has 0 aromatic heterocycles. The molecular formula is C22H38N2O4Zn+2. The fourth-order valence-corrected chi connectivity index (χ4v) is 4.02. The third kappa shape index (κ3) is 11.0. The molecule has 6 nitrogen and oxygen atoms in total. The van der Waals surface area contributed by atoms with Gasteiger partial charge in [0.05, 0.1) is 12.8 Å². The first-order valence-corrected chi connectivity index (χ1v) is 10.7. The van der Waals surface area contributed by atoms with Crippen LogP contribution in [0, 0.1) is 0 Å². The van der Waals surface area contributed by atoms with E-state index in [0.717, 1.165) is 25.7 Å². The van der Waals surface area contributed by atoms with Crippen molar-refractivity contribution in [2.75, 3.05) is 14.1 Å². The molecule has 0 atom stereocenters. The number of hydrogen-bond donors (Lipinski definition) is 0. The summed E-state index contributed by atoms with van der Waals surface area (Å²) in [5, 5.41) is 0. The summed E-state index contributed by atoms with van der Waals surface area (Å²) in [6.07, 6.45) is 11.9. The van der Waals surface area contributed by atoms with Crippen molar-refractivity contribution < 1.29 is 38.7 Å². The summed E-state index contributed by atoms with van der Waals surface area (Å²) in [5.41, 5.74) is 0. The molecule has 0 aliphatic heterocycles. The van der Waals surface area contributed by atoms with Crippen molar-refractivity contribution >= 4 is 23.4 Å². The minimum absolute atomic E-state index is 0. The van der Waals surface area contributed by atoms with Crippen molar-refractivity contribution in [2.24, 2.45) is 0 Å². The number of carbonyl (C=O) groups is 4. The zero-order valence-electron chi connectivity index (χ0n) is 18.9. The Labute approximate surface area is 188 Å². The standard InChI is InChI=1S/2C11H19NO2.Zn/c2*1-9(13)8-11(14)12(2)10-6-4-3-5-7-10;/h2*10H,3-8H2,1-2H3;/q;;+2. The SMILES string of the molecule is CC(=O)CC(=O)N(C)C1CCCCC1.CC(=O)CC(=O)N(C)C1CCCCC1.[Zn+2]. The predicted octanol–water partition coefficient (Wildman–Crippen LogP) is 3.51. The van der Waals surface area contributed by atoms with Gasteiger partial charge in [0.15, 0.2) is 0 Å². The van der Waals surface area contributed by atoms with Gasteiger partial charge in [-0.25, -0.2) is 0 Å². The van der Waals surface area contributed by atoms with E-state index in [1.54, 1.807) is 9.80 Å². The molecule has 0 radical (unpaired) electrons. The topological polar surface area (TPSA) is 74.8 Å². The summed E-state index contributed by atoms with van der Waals surface area (Å²) < 4.78 is 0. The molecule has 0 saturated heterocycles. The number of Topliss-reactive ketones (excluding diaryl/α,β-unsaturated/α-hetero) is 2. The second-order valence-corrected chi connectivity index (χ2v) is 8.35. The second-order valence-electron chi connectivity index (χ2n) is 8.35. The fraction of sp³-hybridized carbons (Fsp3) is 0.818. The van der Waals surface area contributed by atoms with Crippen molar-refractivity contribution in [1.82, 2.24) is 9.80 Å². The summed E-state index contributed by atoms with van der Waals surface area (Å²) in [6, 6.07) is 0.742. The van der Waals surface area contributed by atoms with Gasteiger partial charge in [-0.2, -0.15) is 0 Å². The van der Waals surface area contributed by atoms with Gasteiger partial charge in [-0.05, 0) is 39.5 Å². The van der Waals surface area contributed by atoms with Crippen LogP contribution in [-0.2, 0) is 38.7 Å². The predicted molar refractivity (Wildman–Crippen MR) is 110 cm³/mol.